The van der Waals surface area contributed by atoms with Crippen LogP contribution in [0.4, 0.5) is 10.1 Å². The monoisotopic (exact) mass is 387 g/mol. The van der Waals surface area contributed by atoms with Crippen LogP contribution in [0.1, 0.15) is 26.6 Å². The lowest BCUT2D eigenvalue weighted by atomic mass is 10.1. The lowest BCUT2D eigenvalue weighted by molar-refractivity contribution is -0.115. The fourth-order valence-electron chi connectivity index (χ4n) is 2.78. The highest BCUT2D eigenvalue weighted by atomic mass is 32.1. The third-order valence-corrected chi connectivity index (χ3v) is 5.05. The van der Waals surface area contributed by atoms with Gasteiger partial charge in [0.1, 0.15) is 10.7 Å². The number of carbonyl (C=O) groups is 2. The molecule has 0 aliphatic heterocycles. The van der Waals surface area contributed by atoms with Gasteiger partial charge in [-0.15, -0.1) is 11.3 Å². The maximum absolute atomic E-state index is 13.1. The standard InChI is InChI=1S/C19H18FN3O3S/c1-11-15(12(2)23(22-11)14-6-4-13(20)5-7-14)10-17(24)21-16-8-9-27-18(16)19(25)26-3/h4-9H,10H2,1-3H3,(H,21,24). The molecule has 1 amide bonds. The minimum atomic E-state index is -0.489. The van der Waals surface area contributed by atoms with Crippen molar-refractivity contribution < 1.29 is 18.7 Å². The van der Waals surface area contributed by atoms with Crippen molar-refractivity contribution in [3.05, 3.63) is 63.4 Å². The van der Waals surface area contributed by atoms with Crippen LogP contribution in [0.3, 0.4) is 0 Å². The van der Waals surface area contributed by atoms with Gasteiger partial charge < -0.3 is 10.1 Å². The molecule has 6 nitrogen and oxygen atoms in total. The van der Waals surface area contributed by atoms with Crippen molar-refractivity contribution in [3.63, 3.8) is 0 Å². The largest absolute Gasteiger partial charge is 0.465 e. The van der Waals surface area contributed by atoms with Crippen LogP contribution in [0.25, 0.3) is 5.69 Å². The van der Waals surface area contributed by atoms with Gasteiger partial charge in [0.15, 0.2) is 0 Å². The van der Waals surface area contributed by atoms with Crippen molar-refractivity contribution in [2.24, 2.45) is 0 Å². The van der Waals surface area contributed by atoms with E-state index >= 15 is 0 Å². The Labute approximate surface area is 159 Å². The number of halogens is 1. The van der Waals surface area contributed by atoms with Crippen LogP contribution in [0, 0.1) is 19.7 Å². The van der Waals surface area contributed by atoms with Gasteiger partial charge in [-0.1, -0.05) is 0 Å². The summed E-state index contributed by atoms with van der Waals surface area (Å²) in [5.41, 5.74) is 3.44. The summed E-state index contributed by atoms with van der Waals surface area (Å²) in [5, 5.41) is 8.92. The molecule has 0 spiro atoms. The van der Waals surface area contributed by atoms with E-state index < -0.39 is 5.97 Å². The van der Waals surface area contributed by atoms with Gasteiger partial charge in [0, 0.05) is 11.3 Å². The molecule has 2 aromatic heterocycles. The van der Waals surface area contributed by atoms with Crippen LogP contribution in [0.5, 0.6) is 0 Å². The van der Waals surface area contributed by atoms with Crippen molar-refractivity contribution in [1.29, 1.82) is 0 Å². The molecule has 0 bridgehead atoms. The van der Waals surface area contributed by atoms with Crippen molar-refractivity contribution in [3.8, 4) is 5.69 Å². The van der Waals surface area contributed by atoms with Gasteiger partial charge in [-0.3, -0.25) is 4.79 Å². The summed E-state index contributed by atoms with van der Waals surface area (Å²) < 4.78 is 19.5. The lowest BCUT2D eigenvalue weighted by Gasteiger charge is -2.07. The highest BCUT2D eigenvalue weighted by molar-refractivity contribution is 7.12. The van der Waals surface area contributed by atoms with Crippen molar-refractivity contribution >= 4 is 28.9 Å². The number of methoxy groups -OCH3 is 1. The van der Waals surface area contributed by atoms with Crippen LogP contribution >= 0.6 is 11.3 Å². The van der Waals surface area contributed by atoms with E-state index in [0.717, 1.165) is 16.9 Å². The normalized spacial score (nSPS) is 10.7. The molecular formula is C19H18FN3O3S. The molecule has 0 saturated carbocycles. The number of carbonyl (C=O) groups excluding carboxylic acids is 2. The second-order valence-corrected chi connectivity index (χ2v) is 6.83. The number of hydrogen-bond acceptors (Lipinski definition) is 5. The number of amides is 1. The highest BCUT2D eigenvalue weighted by Crippen LogP contribution is 2.24. The number of aryl methyl sites for hydroxylation is 1. The fourth-order valence-corrected chi connectivity index (χ4v) is 3.54. The number of thiophene rings is 1. The minimum absolute atomic E-state index is 0.106. The number of hydrogen-bond donors (Lipinski definition) is 1. The quantitative estimate of drug-likeness (QED) is 0.678. The Hall–Kier alpha value is -3.00. The molecule has 0 unspecified atom stereocenters. The molecule has 0 atom stereocenters. The van der Waals surface area contributed by atoms with Crippen LogP contribution in [0.15, 0.2) is 35.7 Å². The Morgan fingerprint density at radius 2 is 1.93 bits per heavy atom. The zero-order valence-electron chi connectivity index (χ0n) is 15.1. The molecular weight excluding hydrogens is 369 g/mol. The first-order valence-electron chi connectivity index (χ1n) is 8.17. The van der Waals surface area contributed by atoms with Crippen LogP contribution < -0.4 is 5.32 Å². The first kappa shape index (κ1) is 18.8. The maximum atomic E-state index is 13.1. The maximum Gasteiger partial charge on any atom is 0.350 e. The second-order valence-electron chi connectivity index (χ2n) is 5.92. The number of anilines is 1. The molecule has 2 heterocycles. The summed E-state index contributed by atoms with van der Waals surface area (Å²) in [6.45, 7) is 3.68. The number of ether oxygens (including phenoxy) is 1. The van der Waals surface area contributed by atoms with Crippen LogP contribution in [-0.4, -0.2) is 28.8 Å². The van der Waals surface area contributed by atoms with E-state index in [2.05, 4.69) is 10.4 Å². The van der Waals surface area contributed by atoms with Crippen LogP contribution in [-0.2, 0) is 16.0 Å². The van der Waals surface area contributed by atoms with E-state index in [1.165, 1.54) is 30.6 Å². The molecule has 1 N–H and O–H groups in total. The molecule has 0 aliphatic rings. The van der Waals surface area contributed by atoms with Gasteiger partial charge >= 0.3 is 5.97 Å². The molecule has 0 aliphatic carbocycles. The Kier molecular flexibility index (Phi) is 5.36. The number of rotatable bonds is 5. The Morgan fingerprint density at radius 1 is 1.22 bits per heavy atom. The van der Waals surface area contributed by atoms with Gasteiger partial charge in [-0.05, 0) is 49.6 Å². The summed E-state index contributed by atoms with van der Waals surface area (Å²) in [5.74, 6) is -1.07. The number of aromatic nitrogens is 2. The minimum Gasteiger partial charge on any atom is -0.465 e. The predicted molar refractivity (Wildman–Crippen MR) is 101 cm³/mol. The Bertz CT molecular complexity index is 992. The summed E-state index contributed by atoms with van der Waals surface area (Å²) >= 11 is 1.20. The SMILES string of the molecule is COC(=O)c1sccc1NC(=O)Cc1c(C)nn(-c2ccc(F)cc2)c1C. The molecule has 1 aromatic carbocycles. The third-order valence-electron chi connectivity index (χ3n) is 4.16. The van der Waals surface area contributed by atoms with Crippen molar-refractivity contribution in [1.82, 2.24) is 9.78 Å². The van der Waals surface area contributed by atoms with Crippen molar-refractivity contribution in [2.45, 2.75) is 20.3 Å². The zero-order chi connectivity index (χ0) is 19.6. The zero-order valence-corrected chi connectivity index (χ0v) is 15.9. The van der Waals surface area contributed by atoms with E-state index in [0.29, 0.717) is 16.3 Å². The number of nitrogens with zero attached hydrogens (tertiary/aromatic N) is 2. The smallest absolute Gasteiger partial charge is 0.350 e. The Morgan fingerprint density at radius 3 is 2.59 bits per heavy atom. The first-order valence-corrected chi connectivity index (χ1v) is 9.05. The molecule has 8 heteroatoms. The number of benzene rings is 1. The van der Waals surface area contributed by atoms with E-state index in [9.17, 15) is 14.0 Å². The molecule has 0 saturated heterocycles. The Balaban J connectivity index is 1.80. The van der Waals surface area contributed by atoms with Gasteiger partial charge in [0.05, 0.1) is 30.6 Å². The average Bonchev–Trinajstić information content (AvgIpc) is 3.21. The molecule has 3 aromatic rings. The summed E-state index contributed by atoms with van der Waals surface area (Å²) in [4.78, 5) is 24.6. The number of esters is 1. The molecule has 3 rings (SSSR count). The van der Waals surface area contributed by atoms with Gasteiger partial charge in [0.2, 0.25) is 5.91 Å². The molecule has 27 heavy (non-hydrogen) atoms. The van der Waals surface area contributed by atoms with Gasteiger partial charge in [-0.25, -0.2) is 13.9 Å². The van der Waals surface area contributed by atoms with E-state index in [1.807, 2.05) is 13.8 Å². The number of nitrogens with one attached hydrogen (secondary N) is 1. The van der Waals surface area contributed by atoms with Gasteiger partial charge in [0.25, 0.3) is 0 Å². The molecule has 0 radical (unpaired) electrons. The highest BCUT2D eigenvalue weighted by Gasteiger charge is 2.19. The first-order chi connectivity index (χ1) is 12.9. The van der Waals surface area contributed by atoms with E-state index in [-0.39, 0.29) is 18.1 Å². The summed E-state index contributed by atoms with van der Waals surface area (Å²) in [7, 11) is 1.30. The van der Waals surface area contributed by atoms with E-state index in [4.69, 9.17) is 4.74 Å². The molecule has 140 valence electrons. The van der Waals surface area contributed by atoms with Crippen LogP contribution in [0.2, 0.25) is 0 Å². The van der Waals surface area contributed by atoms with Gasteiger partial charge in [-0.2, -0.15) is 5.10 Å². The van der Waals surface area contributed by atoms with Crippen molar-refractivity contribution in [2.75, 3.05) is 12.4 Å². The molecule has 0 fully saturated rings. The third kappa shape index (κ3) is 3.90. The van der Waals surface area contributed by atoms with E-state index in [1.54, 1.807) is 28.3 Å². The lowest BCUT2D eigenvalue weighted by Crippen LogP contribution is -2.16. The fraction of sp³-hybridized carbons (Fsp3) is 0.211. The second kappa shape index (κ2) is 7.71. The predicted octanol–water partition coefficient (Wildman–Crippen LogP) is 3.66. The topological polar surface area (TPSA) is 73.2 Å². The summed E-state index contributed by atoms with van der Waals surface area (Å²) in [6, 6.07) is 7.65. The summed E-state index contributed by atoms with van der Waals surface area (Å²) in [6.07, 6.45) is 0.106. The average molecular weight is 387 g/mol.